The molecule has 1 saturated heterocycles. The summed E-state index contributed by atoms with van der Waals surface area (Å²) in [6.45, 7) is 22.7. The number of fused-ring (bicyclic) bond motifs is 6. The molecule has 0 radical (unpaired) electrons. The van der Waals surface area contributed by atoms with E-state index < -0.39 is 0 Å². The Morgan fingerprint density at radius 3 is 2.26 bits per heavy atom. The minimum atomic E-state index is 0.116. The lowest BCUT2D eigenvalue weighted by Crippen LogP contribution is -2.51. The highest BCUT2D eigenvalue weighted by atomic mass is 16.6. The van der Waals surface area contributed by atoms with E-state index in [2.05, 4.69) is 76.8 Å². The highest BCUT2D eigenvalue weighted by Gasteiger charge is 2.59. The predicted molar refractivity (Wildman–Crippen MR) is 280 cm³/mol. The summed E-state index contributed by atoms with van der Waals surface area (Å²) in [4.78, 5) is 2.69. The fraction of sp³-hybridized carbons (Fsp3) is 0.902. The number of nitrogens with zero attached hydrogens (tertiary/aromatic N) is 1. The summed E-state index contributed by atoms with van der Waals surface area (Å²) in [7, 11) is 0. The predicted octanol–water partition coefficient (Wildman–Crippen LogP) is 16.2. The first kappa shape index (κ1) is 54.4. The van der Waals surface area contributed by atoms with Gasteiger partial charge in [-0.25, -0.2) is 0 Å². The Kier molecular flexibility index (Phi) is 24.2. The van der Waals surface area contributed by atoms with Crippen LogP contribution < -0.4 is 0 Å². The third-order valence-corrected chi connectivity index (χ3v) is 19.1. The Morgan fingerprint density at radius 1 is 0.697 bits per heavy atom. The molecule has 6 rings (SSSR count). The second-order valence-corrected chi connectivity index (χ2v) is 24.1. The van der Waals surface area contributed by atoms with E-state index in [4.69, 9.17) is 18.9 Å². The average molecular weight is 919 g/mol. The first-order chi connectivity index (χ1) is 32.2. The summed E-state index contributed by atoms with van der Waals surface area (Å²) in [6, 6.07) is 0. The number of hydrogen-bond donors (Lipinski definition) is 0. The van der Waals surface area contributed by atoms with E-state index >= 15 is 0 Å². The van der Waals surface area contributed by atoms with Gasteiger partial charge in [0.15, 0.2) is 0 Å². The van der Waals surface area contributed by atoms with Crippen LogP contribution in [-0.4, -0.2) is 76.4 Å². The van der Waals surface area contributed by atoms with Crippen LogP contribution in [0.2, 0.25) is 0 Å². The maximum absolute atomic E-state index is 6.56. The van der Waals surface area contributed by atoms with Crippen molar-refractivity contribution in [2.75, 3.05) is 59.3 Å². The number of hydrogen-bond acceptors (Lipinski definition) is 5. The zero-order chi connectivity index (χ0) is 46.5. The van der Waals surface area contributed by atoms with Crippen molar-refractivity contribution < 1.29 is 18.9 Å². The van der Waals surface area contributed by atoms with E-state index in [-0.39, 0.29) is 6.10 Å². The standard InChI is InChI=1S/C61H107NO4/c1-7-8-9-10-11-12-13-14-15-16-17-18-19-20-21-24-40-64-48-55(47-62-39-36-51-28-22-23-29-52(51)46-62)66-44-42-63-41-43-65-54-34-37-60(5)53(45-54)30-31-56-58-33-32-57(50(4)27-25-26-49(2)3)61(58,6)38-35-59(56)60/h11-12,14-15,30,49-52,54-59H,7-10,13,16-29,31-48H2,1-6H3/b12-11-,15-14-/t50-,51+,52-,54+,55?,56?,57-,58?,59?,60+,61-/m1/s1. The first-order valence-electron chi connectivity index (χ1n) is 29.3. The fourth-order valence-corrected chi connectivity index (χ4v) is 15.1. The van der Waals surface area contributed by atoms with Gasteiger partial charge in [0, 0.05) is 19.7 Å². The maximum atomic E-state index is 6.56. The van der Waals surface area contributed by atoms with E-state index in [1.54, 1.807) is 5.57 Å². The molecule has 0 amide bonds. The minimum absolute atomic E-state index is 0.116. The van der Waals surface area contributed by atoms with E-state index in [0.29, 0.717) is 50.0 Å². The number of likely N-dealkylation sites (tertiary alicyclic amines) is 1. The third-order valence-electron chi connectivity index (χ3n) is 19.1. The number of allylic oxidation sites excluding steroid dienone is 5. The summed E-state index contributed by atoms with van der Waals surface area (Å²) in [6.07, 6.45) is 50.1. The maximum Gasteiger partial charge on any atom is 0.0936 e. The van der Waals surface area contributed by atoms with Crippen LogP contribution in [0, 0.1) is 58.2 Å². The molecule has 1 aliphatic heterocycles. The molecule has 1 heterocycles. The molecule has 5 aliphatic carbocycles. The van der Waals surface area contributed by atoms with Crippen LogP contribution in [0.1, 0.15) is 221 Å². The topological polar surface area (TPSA) is 40.2 Å². The molecule has 6 aliphatic rings. The Labute approximate surface area is 409 Å². The molecule has 11 atom stereocenters. The summed E-state index contributed by atoms with van der Waals surface area (Å²) in [5.41, 5.74) is 2.68. The fourth-order valence-electron chi connectivity index (χ4n) is 15.1. The summed E-state index contributed by atoms with van der Waals surface area (Å²) in [5, 5.41) is 0. The highest BCUT2D eigenvalue weighted by Crippen LogP contribution is 2.67. The Hall–Kier alpha value is -0.980. The van der Waals surface area contributed by atoms with Crippen LogP contribution in [0.25, 0.3) is 0 Å². The van der Waals surface area contributed by atoms with Crippen molar-refractivity contribution in [2.24, 2.45) is 58.2 Å². The van der Waals surface area contributed by atoms with Crippen LogP contribution in [0.15, 0.2) is 36.0 Å². The van der Waals surface area contributed by atoms with Crippen LogP contribution in [0.4, 0.5) is 0 Å². The minimum Gasteiger partial charge on any atom is -0.379 e. The molecule has 0 aromatic rings. The van der Waals surface area contributed by atoms with Crippen molar-refractivity contribution in [1.82, 2.24) is 4.90 Å². The third kappa shape index (κ3) is 16.6. The SMILES string of the molecule is CCCCC/C=C\C/C=C\CCCCCCCCOCC(CN1CC[C@@H]2CCCC[C@@H]2C1)OCCOCCO[C@H]1CC[C@@]2(C)C(=CCC3C2CC[C@@]2(C)C3CC[C@@H]2[C@H](C)CCCC(C)C)C1. The summed E-state index contributed by atoms with van der Waals surface area (Å²) >= 11 is 0. The zero-order valence-corrected chi connectivity index (χ0v) is 44.4. The molecule has 5 fully saturated rings. The molecule has 4 saturated carbocycles. The van der Waals surface area contributed by atoms with Gasteiger partial charge in [-0.2, -0.15) is 0 Å². The molecular weight excluding hydrogens is 811 g/mol. The van der Waals surface area contributed by atoms with Gasteiger partial charge in [0.1, 0.15) is 0 Å². The van der Waals surface area contributed by atoms with Gasteiger partial charge in [0.05, 0.1) is 45.2 Å². The van der Waals surface area contributed by atoms with Gasteiger partial charge >= 0.3 is 0 Å². The van der Waals surface area contributed by atoms with Crippen molar-refractivity contribution in [2.45, 2.75) is 234 Å². The number of unbranched alkanes of at least 4 members (excludes halogenated alkanes) is 9. The average Bonchev–Trinajstić information content (AvgIpc) is 3.68. The van der Waals surface area contributed by atoms with Crippen molar-refractivity contribution in [1.29, 1.82) is 0 Å². The Morgan fingerprint density at radius 2 is 1.45 bits per heavy atom. The van der Waals surface area contributed by atoms with E-state index in [9.17, 15) is 0 Å². The number of ether oxygens (including phenoxy) is 4. The van der Waals surface area contributed by atoms with Crippen molar-refractivity contribution in [3.63, 3.8) is 0 Å². The van der Waals surface area contributed by atoms with Crippen LogP contribution in [-0.2, 0) is 18.9 Å². The molecular formula is C61H107NO4. The Bertz CT molecular complexity index is 1410. The molecule has 66 heavy (non-hydrogen) atoms. The normalized spacial score (nSPS) is 32.3. The number of piperidine rings is 1. The van der Waals surface area contributed by atoms with Crippen LogP contribution >= 0.6 is 0 Å². The largest absolute Gasteiger partial charge is 0.379 e. The van der Waals surface area contributed by atoms with E-state index in [1.165, 1.54) is 174 Å². The van der Waals surface area contributed by atoms with E-state index in [0.717, 1.165) is 79.8 Å². The van der Waals surface area contributed by atoms with Crippen LogP contribution in [0.5, 0.6) is 0 Å². The van der Waals surface area contributed by atoms with E-state index in [1.807, 2.05) is 0 Å². The van der Waals surface area contributed by atoms with Gasteiger partial charge in [-0.1, -0.05) is 155 Å². The van der Waals surface area contributed by atoms with Gasteiger partial charge in [-0.15, -0.1) is 0 Å². The number of rotatable bonds is 32. The molecule has 5 nitrogen and oxygen atoms in total. The monoisotopic (exact) mass is 918 g/mol. The molecule has 0 bridgehead atoms. The first-order valence-corrected chi connectivity index (χ1v) is 29.3. The molecule has 380 valence electrons. The second-order valence-electron chi connectivity index (χ2n) is 24.1. The smallest absolute Gasteiger partial charge is 0.0936 e. The summed E-state index contributed by atoms with van der Waals surface area (Å²) < 4.78 is 25.6. The van der Waals surface area contributed by atoms with Crippen molar-refractivity contribution in [3.8, 4) is 0 Å². The molecule has 0 N–H and O–H groups in total. The molecule has 0 aromatic carbocycles. The van der Waals surface area contributed by atoms with Gasteiger partial charge in [0.2, 0.25) is 0 Å². The lowest BCUT2D eigenvalue weighted by molar-refractivity contribution is -0.0751. The van der Waals surface area contributed by atoms with Gasteiger partial charge in [-0.3, -0.25) is 0 Å². The van der Waals surface area contributed by atoms with Gasteiger partial charge in [-0.05, 0) is 167 Å². The lowest BCUT2D eigenvalue weighted by Gasteiger charge is -2.58. The zero-order valence-electron chi connectivity index (χ0n) is 44.4. The second kappa shape index (κ2) is 29.4. The van der Waals surface area contributed by atoms with Gasteiger partial charge < -0.3 is 23.8 Å². The van der Waals surface area contributed by atoms with Crippen LogP contribution in [0.3, 0.4) is 0 Å². The summed E-state index contributed by atoms with van der Waals surface area (Å²) in [5.74, 6) is 7.22. The quantitative estimate of drug-likeness (QED) is 0.0497. The van der Waals surface area contributed by atoms with Crippen molar-refractivity contribution in [3.05, 3.63) is 36.0 Å². The van der Waals surface area contributed by atoms with Gasteiger partial charge in [0.25, 0.3) is 0 Å². The molecule has 5 heteroatoms. The molecule has 0 spiro atoms. The molecule has 4 unspecified atom stereocenters. The van der Waals surface area contributed by atoms with Crippen molar-refractivity contribution >= 4 is 0 Å². The highest BCUT2D eigenvalue weighted by molar-refractivity contribution is 5.25. The molecule has 0 aromatic heterocycles. The lowest BCUT2D eigenvalue weighted by atomic mass is 9.47. The Balaban J connectivity index is 0.837.